The first-order chi connectivity index (χ1) is 11.9. The molecular weight excluding hydrogens is 366 g/mol. The normalized spacial score (nSPS) is 11.0. The van der Waals surface area contributed by atoms with Crippen LogP contribution in [0.3, 0.4) is 0 Å². The lowest BCUT2D eigenvalue weighted by molar-refractivity contribution is -0.115. The van der Waals surface area contributed by atoms with Gasteiger partial charge in [-0.25, -0.2) is 8.42 Å². The molecule has 0 heterocycles. The topological polar surface area (TPSA) is 81.7 Å². The number of hydrogen-bond donors (Lipinski definition) is 1. The summed E-state index contributed by atoms with van der Waals surface area (Å²) >= 11 is 5.96. The number of methoxy groups -OCH3 is 2. The number of para-hydroxylation sites is 1. The van der Waals surface area contributed by atoms with Crippen molar-refractivity contribution in [2.24, 2.45) is 0 Å². The van der Waals surface area contributed by atoms with Gasteiger partial charge in [-0.1, -0.05) is 23.7 Å². The minimum atomic E-state index is -3.64. The second-order valence-electron chi connectivity index (χ2n) is 5.11. The number of carbonyl (C=O) groups excluding carboxylic acids is 1. The summed E-state index contributed by atoms with van der Waals surface area (Å²) in [6.45, 7) is 0. The van der Waals surface area contributed by atoms with Crippen molar-refractivity contribution in [3.05, 3.63) is 47.5 Å². The van der Waals surface area contributed by atoms with E-state index in [-0.39, 0.29) is 17.1 Å². The molecule has 0 bridgehead atoms. The first kappa shape index (κ1) is 19.1. The quantitative estimate of drug-likeness (QED) is 0.794. The first-order valence-electron chi connectivity index (χ1n) is 7.36. The van der Waals surface area contributed by atoms with E-state index in [0.29, 0.717) is 22.2 Å². The summed E-state index contributed by atoms with van der Waals surface area (Å²) in [5, 5.41) is 2.98. The zero-order valence-electron chi connectivity index (χ0n) is 13.8. The number of sulfone groups is 1. The minimum Gasteiger partial charge on any atom is -0.493 e. The third kappa shape index (κ3) is 4.87. The van der Waals surface area contributed by atoms with Crippen LogP contribution >= 0.6 is 11.6 Å². The third-order valence-corrected chi connectivity index (χ3v) is 5.50. The molecule has 0 aliphatic rings. The first-order valence-corrected chi connectivity index (χ1v) is 9.39. The number of halogens is 1. The largest absolute Gasteiger partial charge is 0.493 e. The van der Waals surface area contributed by atoms with Crippen LogP contribution in [0.2, 0.25) is 5.02 Å². The predicted molar refractivity (Wildman–Crippen MR) is 96.3 cm³/mol. The Hall–Kier alpha value is -2.25. The Morgan fingerprint density at radius 2 is 1.76 bits per heavy atom. The number of amides is 1. The van der Waals surface area contributed by atoms with E-state index >= 15 is 0 Å². The molecule has 8 heteroatoms. The molecule has 0 aliphatic heterocycles. The molecule has 0 unspecified atom stereocenters. The van der Waals surface area contributed by atoms with E-state index in [9.17, 15) is 13.2 Å². The molecule has 0 aliphatic carbocycles. The molecule has 2 rings (SSSR count). The fourth-order valence-corrected chi connectivity index (χ4v) is 3.56. The summed E-state index contributed by atoms with van der Waals surface area (Å²) in [4.78, 5) is 12.1. The molecule has 2 aromatic rings. The maximum Gasteiger partial charge on any atom is 0.225 e. The number of rotatable bonds is 7. The van der Waals surface area contributed by atoms with E-state index in [1.54, 1.807) is 24.3 Å². The number of hydrogen-bond acceptors (Lipinski definition) is 5. The van der Waals surface area contributed by atoms with Gasteiger partial charge in [0.1, 0.15) is 0 Å². The zero-order valence-corrected chi connectivity index (χ0v) is 15.4. The highest BCUT2D eigenvalue weighted by molar-refractivity contribution is 7.91. The Morgan fingerprint density at radius 1 is 1.08 bits per heavy atom. The van der Waals surface area contributed by atoms with Gasteiger partial charge in [0.2, 0.25) is 5.91 Å². The van der Waals surface area contributed by atoms with E-state index in [1.807, 2.05) is 0 Å². The molecule has 0 fully saturated rings. The van der Waals surface area contributed by atoms with E-state index in [2.05, 4.69) is 5.32 Å². The van der Waals surface area contributed by atoms with E-state index < -0.39 is 15.7 Å². The van der Waals surface area contributed by atoms with Crippen LogP contribution in [0.25, 0.3) is 0 Å². The Labute approximate surface area is 151 Å². The number of anilines is 1. The Morgan fingerprint density at radius 3 is 2.40 bits per heavy atom. The lowest BCUT2D eigenvalue weighted by Gasteiger charge is -2.10. The molecule has 1 N–H and O–H groups in total. The molecule has 1 amide bonds. The van der Waals surface area contributed by atoms with Gasteiger partial charge in [-0.05, 0) is 24.3 Å². The summed E-state index contributed by atoms with van der Waals surface area (Å²) in [7, 11) is -0.759. The van der Waals surface area contributed by atoms with Crippen molar-refractivity contribution >= 4 is 33.0 Å². The van der Waals surface area contributed by atoms with Crippen LogP contribution in [0, 0.1) is 0 Å². The molecule has 2 aromatic carbocycles. The number of nitrogens with one attached hydrogen (secondary N) is 1. The average molecular weight is 384 g/mol. The Kier molecular flexibility index (Phi) is 6.27. The third-order valence-electron chi connectivity index (χ3n) is 3.46. The van der Waals surface area contributed by atoms with Crippen molar-refractivity contribution in [1.82, 2.24) is 0 Å². The number of benzene rings is 2. The number of carbonyl (C=O) groups is 1. The maximum atomic E-state index is 12.4. The van der Waals surface area contributed by atoms with E-state index in [4.69, 9.17) is 21.1 Å². The fourth-order valence-electron chi connectivity index (χ4n) is 2.13. The van der Waals surface area contributed by atoms with Gasteiger partial charge in [0, 0.05) is 12.5 Å². The van der Waals surface area contributed by atoms with Gasteiger partial charge in [-0.15, -0.1) is 0 Å². The van der Waals surface area contributed by atoms with Crippen molar-refractivity contribution in [3.63, 3.8) is 0 Å². The van der Waals surface area contributed by atoms with Gasteiger partial charge < -0.3 is 14.8 Å². The number of ether oxygens (including phenoxy) is 2. The van der Waals surface area contributed by atoms with Gasteiger partial charge in [-0.2, -0.15) is 0 Å². The lowest BCUT2D eigenvalue weighted by atomic mass is 10.3. The summed E-state index contributed by atoms with van der Waals surface area (Å²) < 4.78 is 35.0. The van der Waals surface area contributed by atoms with Crippen LogP contribution in [0.15, 0.2) is 47.4 Å². The molecule has 6 nitrogen and oxygen atoms in total. The highest BCUT2D eigenvalue weighted by atomic mass is 35.5. The molecule has 0 radical (unpaired) electrons. The predicted octanol–water partition coefficient (Wildman–Crippen LogP) is 3.16. The van der Waals surface area contributed by atoms with Crippen LogP contribution in [0.1, 0.15) is 6.42 Å². The molecule has 0 spiro atoms. The second kappa shape index (κ2) is 8.22. The van der Waals surface area contributed by atoms with E-state index in [0.717, 1.165) is 0 Å². The molecule has 134 valence electrons. The Balaban J connectivity index is 2.06. The van der Waals surface area contributed by atoms with Crippen molar-refractivity contribution in [2.45, 2.75) is 11.3 Å². The van der Waals surface area contributed by atoms with Crippen LogP contribution in [-0.2, 0) is 14.6 Å². The average Bonchev–Trinajstić information content (AvgIpc) is 2.61. The summed E-state index contributed by atoms with van der Waals surface area (Å²) in [5.41, 5.74) is 0.442. The maximum absolute atomic E-state index is 12.4. The molecular formula is C17H18ClNO5S. The highest BCUT2D eigenvalue weighted by Crippen LogP contribution is 2.30. The molecule has 0 atom stereocenters. The summed E-state index contributed by atoms with van der Waals surface area (Å²) in [6, 6.07) is 11.0. The van der Waals surface area contributed by atoms with Gasteiger partial charge in [0.05, 0.1) is 35.6 Å². The van der Waals surface area contributed by atoms with Crippen molar-refractivity contribution in [2.75, 3.05) is 25.3 Å². The second-order valence-corrected chi connectivity index (χ2v) is 7.63. The van der Waals surface area contributed by atoms with Crippen LogP contribution in [0.5, 0.6) is 11.5 Å². The van der Waals surface area contributed by atoms with Crippen LogP contribution < -0.4 is 14.8 Å². The van der Waals surface area contributed by atoms with Crippen LogP contribution in [0.4, 0.5) is 5.69 Å². The minimum absolute atomic E-state index is 0.0655. The van der Waals surface area contributed by atoms with Gasteiger partial charge in [-0.3, -0.25) is 4.79 Å². The van der Waals surface area contributed by atoms with E-state index in [1.165, 1.54) is 32.4 Å². The molecule has 25 heavy (non-hydrogen) atoms. The van der Waals surface area contributed by atoms with Crippen LogP contribution in [-0.4, -0.2) is 34.3 Å². The molecule has 0 aromatic heterocycles. The molecule has 0 saturated heterocycles. The summed E-state index contributed by atoms with van der Waals surface area (Å²) in [6.07, 6.45) is -0.193. The fraction of sp³-hybridized carbons (Fsp3) is 0.235. The summed E-state index contributed by atoms with van der Waals surface area (Å²) in [5.74, 6) is -0.0298. The zero-order chi connectivity index (χ0) is 18.4. The van der Waals surface area contributed by atoms with Crippen molar-refractivity contribution < 1.29 is 22.7 Å². The molecule has 0 saturated carbocycles. The van der Waals surface area contributed by atoms with Gasteiger partial charge >= 0.3 is 0 Å². The van der Waals surface area contributed by atoms with Gasteiger partial charge in [0.15, 0.2) is 21.3 Å². The van der Waals surface area contributed by atoms with Crippen molar-refractivity contribution in [1.29, 1.82) is 0 Å². The van der Waals surface area contributed by atoms with Crippen molar-refractivity contribution in [3.8, 4) is 11.5 Å². The smallest absolute Gasteiger partial charge is 0.225 e. The monoisotopic (exact) mass is 383 g/mol. The Bertz CT molecular complexity index is 867. The lowest BCUT2D eigenvalue weighted by Crippen LogP contribution is -2.17. The highest BCUT2D eigenvalue weighted by Gasteiger charge is 2.19. The SMILES string of the molecule is COc1ccc(S(=O)(=O)CCC(=O)Nc2ccccc2Cl)cc1OC. The van der Waals surface area contributed by atoms with Gasteiger partial charge in [0.25, 0.3) is 0 Å². The standard InChI is InChI=1S/C17H18ClNO5S/c1-23-15-8-7-12(11-16(15)24-2)25(21,22)10-9-17(20)19-14-6-4-3-5-13(14)18/h3-8,11H,9-10H2,1-2H3,(H,19,20).